The maximum absolute atomic E-state index is 11.7. The molecule has 5 nitrogen and oxygen atoms in total. The van der Waals surface area contributed by atoms with E-state index >= 15 is 0 Å². The summed E-state index contributed by atoms with van der Waals surface area (Å²) in [4.78, 5) is 22.5. The smallest absolute Gasteiger partial charge is 0.314 e. The quantitative estimate of drug-likeness (QED) is 0.731. The van der Waals surface area contributed by atoms with Gasteiger partial charge in [0.15, 0.2) is 0 Å². The van der Waals surface area contributed by atoms with Gasteiger partial charge in [-0.2, -0.15) is 0 Å². The number of carbonyl (C=O) groups excluding carboxylic acids is 1. The summed E-state index contributed by atoms with van der Waals surface area (Å²) in [6.07, 6.45) is 2.05. The predicted molar refractivity (Wildman–Crippen MR) is 55.9 cm³/mol. The van der Waals surface area contributed by atoms with E-state index in [2.05, 4.69) is 0 Å². The van der Waals surface area contributed by atoms with Crippen LogP contribution in [0.5, 0.6) is 0 Å². The van der Waals surface area contributed by atoms with Crippen LogP contribution in [-0.2, 0) is 19.1 Å². The number of hydrogen-bond acceptors (Lipinski definition) is 4. The van der Waals surface area contributed by atoms with Crippen molar-refractivity contribution in [2.45, 2.75) is 25.7 Å². The number of carbonyl (C=O) groups is 2. The highest BCUT2D eigenvalue weighted by Crippen LogP contribution is 2.40. The van der Waals surface area contributed by atoms with Gasteiger partial charge in [-0.25, -0.2) is 0 Å². The van der Waals surface area contributed by atoms with Crippen LogP contribution in [0.1, 0.15) is 25.7 Å². The Morgan fingerprint density at radius 1 is 1.31 bits per heavy atom. The summed E-state index contributed by atoms with van der Waals surface area (Å²) >= 11 is 0. The van der Waals surface area contributed by atoms with Crippen molar-refractivity contribution in [2.75, 3.05) is 20.8 Å². The van der Waals surface area contributed by atoms with Crippen molar-refractivity contribution in [2.24, 2.45) is 11.3 Å². The molecule has 0 amide bonds. The molecule has 0 radical (unpaired) electrons. The first-order valence-corrected chi connectivity index (χ1v) is 5.36. The van der Waals surface area contributed by atoms with Crippen LogP contribution in [0.15, 0.2) is 0 Å². The highest BCUT2D eigenvalue weighted by atomic mass is 16.5. The highest BCUT2D eigenvalue weighted by Gasteiger charge is 2.44. The lowest BCUT2D eigenvalue weighted by Crippen LogP contribution is -2.41. The van der Waals surface area contributed by atoms with Crippen molar-refractivity contribution >= 4 is 11.9 Å². The third-order valence-corrected chi connectivity index (χ3v) is 3.33. The third-order valence-electron chi connectivity index (χ3n) is 3.33. The number of carboxylic acids is 1. The highest BCUT2D eigenvalue weighted by molar-refractivity contribution is 5.78. The molecule has 0 spiro atoms. The lowest BCUT2D eigenvalue weighted by atomic mass is 9.71. The van der Waals surface area contributed by atoms with Gasteiger partial charge >= 0.3 is 11.9 Å². The third kappa shape index (κ3) is 2.52. The number of ether oxygens (including phenoxy) is 2. The molecule has 92 valence electrons. The molecule has 0 unspecified atom stereocenters. The van der Waals surface area contributed by atoms with E-state index in [4.69, 9.17) is 14.6 Å². The summed E-state index contributed by atoms with van der Waals surface area (Å²) in [5.41, 5.74) is -0.643. The van der Waals surface area contributed by atoms with Crippen molar-refractivity contribution in [3.8, 4) is 0 Å². The first-order valence-electron chi connectivity index (χ1n) is 5.36. The van der Waals surface area contributed by atoms with Gasteiger partial charge in [0.1, 0.15) is 0 Å². The van der Waals surface area contributed by atoms with Gasteiger partial charge in [0, 0.05) is 7.11 Å². The molecule has 16 heavy (non-hydrogen) atoms. The predicted octanol–water partition coefficient (Wildman–Crippen LogP) is 1.07. The molecule has 1 rings (SSSR count). The molecule has 0 bridgehead atoms. The van der Waals surface area contributed by atoms with Crippen LogP contribution in [0.3, 0.4) is 0 Å². The van der Waals surface area contributed by atoms with Gasteiger partial charge < -0.3 is 14.6 Å². The summed E-state index contributed by atoms with van der Waals surface area (Å²) in [6, 6.07) is 0. The summed E-state index contributed by atoms with van der Waals surface area (Å²) < 4.78 is 9.83. The van der Waals surface area contributed by atoms with Crippen molar-refractivity contribution in [1.29, 1.82) is 0 Å². The van der Waals surface area contributed by atoms with E-state index < -0.39 is 11.4 Å². The Morgan fingerprint density at radius 3 is 2.25 bits per heavy atom. The van der Waals surface area contributed by atoms with E-state index in [1.165, 1.54) is 14.2 Å². The molecular formula is C11H18O5. The molecule has 0 heterocycles. The summed E-state index contributed by atoms with van der Waals surface area (Å²) in [7, 11) is 2.89. The van der Waals surface area contributed by atoms with Gasteiger partial charge in [-0.1, -0.05) is 0 Å². The van der Waals surface area contributed by atoms with Crippen LogP contribution in [0.4, 0.5) is 0 Å². The van der Waals surface area contributed by atoms with Crippen LogP contribution in [-0.4, -0.2) is 37.9 Å². The Hall–Kier alpha value is -1.10. The fraction of sp³-hybridized carbons (Fsp3) is 0.818. The molecule has 0 aromatic rings. The zero-order valence-corrected chi connectivity index (χ0v) is 9.69. The molecule has 0 aromatic carbocycles. The molecule has 0 atom stereocenters. The molecule has 1 saturated carbocycles. The van der Waals surface area contributed by atoms with Gasteiger partial charge in [-0.15, -0.1) is 0 Å². The van der Waals surface area contributed by atoms with E-state index in [9.17, 15) is 9.59 Å². The number of esters is 1. The van der Waals surface area contributed by atoms with Crippen LogP contribution >= 0.6 is 0 Å². The van der Waals surface area contributed by atoms with Crippen LogP contribution in [0.2, 0.25) is 0 Å². The Morgan fingerprint density at radius 2 is 1.88 bits per heavy atom. The lowest BCUT2D eigenvalue weighted by molar-refractivity contribution is -0.162. The average molecular weight is 230 g/mol. The molecule has 0 aromatic heterocycles. The van der Waals surface area contributed by atoms with Gasteiger partial charge in [0.25, 0.3) is 0 Å². The second-order valence-corrected chi connectivity index (χ2v) is 4.32. The Labute approximate surface area is 94.7 Å². The Balaban J connectivity index is 2.69. The van der Waals surface area contributed by atoms with Gasteiger partial charge in [-0.05, 0) is 25.7 Å². The van der Waals surface area contributed by atoms with E-state index in [0.29, 0.717) is 32.3 Å². The van der Waals surface area contributed by atoms with E-state index in [1.54, 1.807) is 0 Å². The fourth-order valence-corrected chi connectivity index (χ4v) is 2.32. The summed E-state index contributed by atoms with van der Waals surface area (Å²) in [5.74, 6) is -1.41. The maximum atomic E-state index is 11.7. The number of rotatable bonds is 4. The molecule has 1 aliphatic rings. The zero-order valence-electron chi connectivity index (χ0n) is 9.69. The molecule has 0 saturated heterocycles. The SMILES string of the molecule is COCC1(C(=O)OC)CCC(C(=O)O)CC1. The van der Waals surface area contributed by atoms with E-state index in [-0.39, 0.29) is 11.9 Å². The van der Waals surface area contributed by atoms with Crippen molar-refractivity contribution < 1.29 is 24.2 Å². The first-order chi connectivity index (χ1) is 7.55. The van der Waals surface area contributed by atoms with Gasteiger partial charge in [0.2, 0.25) is 0 Å². The Bertz CT molecular complexity index is 266. The molecule has 0 aliphatic heterocycles. The number of methoxy groups -OCH3 is 2. The molecule has 1 aliphatic carbocycles. The minimum absolute atomic E-state index is 0.293. The second-order valence-electron chi connectivity index (χ2n) is 4.32. The van der Waals surface area contributed by atoms with Crippen LogP contribution < -0.4 is 0 Å². The normalized spacial score (nSPS) is 29.8. The number of carboxylic acid groups (broad SMARTS) is 1. The lowest BCUT2D eigenvalue weighted by Gasteiger charge is -2.35. The largest absolute Gasteiger partial charge is 0.481 e. The van der Waals surface area contributed by atoms with E-state index in [1.807, 2.05) is 0 Å². The first kappa shape index (κ1) is 13.0. The minimum Gasteiger partial charge on any atom is -0.481 e. The minimum atomic E-state index is -0.782. The molecule has 5 heteroatoms. The monoisotopic (exact) mass is 230 g/mol. The maximum Gasteiger partial charge on any atom is 0.314 e. The topological polar surface area (TPSA) is 72.8 Å². The molecular weight excluding hydrogens is 212 g/mol. The summed E-state index contributed by atoms with van der Waals surface area (Å²) in [5, 5.41) is 8.89. The standard InChI is InChI=1S/C11H18O5/c1-15-7-11(10(14)16-2)5-3-8(4-6-11)9(12)13/h8H,3-7H2,1-2H3,(H,12,13). The Kier molecular flexibility index (Phi) is 4.29. The van der Waals surface area contributed by atoms with Gasteiger partial charge in [-0.3, -0.25) is 9.59 Å². The van der Waals surface area contributed by atoms with Crippen LogP contribution in [0, 0.1) is 11.3 Å². The summed E-state index contributed by atoms with van der Waals surface area (Å²) in [6.45, 7) is 0.298. The fourth-order valence-electron chi connectivity index (χ4n) is 2.32. The second kappa shape index (κ2) is 5.30. The van der Waals surface area contributed by atoms with Crippen LogP contribution in [0.25, 0.3) is 0 Å². The zero-order chi connectivity index (χ0) is 12.2. The molecule has 1 N–H and O–H groups in total. The number of hydrogen-bond donors (Lipinski definition) is 1. The van der Waals surface area contributed by atoms with E-state index in [0.717, 1.165) is 0 Å². The average Bonchev–Trinajstić information content (AvgIpc) is 2.29. The van der Waals surface area contributed by atoms with Crippen molar-refractivity contribution in [3.05, 3.63) is 0 Å². The van der Waals surface area contributed by atoms with Crippen molar-refractivity contribution in [3.63, 3.8) is 0 Å². The van der Waals surface area contributed by atoms with Gasteiger partial charge in [0.05, 0.1) is 25.0 Å². The van der Waals surface area contributed by atoms with Crippen molar-refractivity contribution in [1.82, 2.24) is 0 Å². The number of aliphatic carboxylic acids is 1. The molecule has 1 fully saturated rings.